The molecule has 166 valence electrons. The van der Waals surface area contributed by atoms with Crippen LogP contribution >= 0.6 is 0 Å². The SMILES string of the molecule is CCCCCCCCCCCCc1cccc(Oc2c([O-])cccc2S(=O)(=O)O)c1.[K+]. The largest absolute Gasteiger partial charge is 1.00 e. The maximum atomic E-state index is 12.0. The smallest absolute Gasteiger partial charge is 0.870 e. The van der Waals surface area contributed by atoms with Crippen molar-refractivity contribution in [2.75, 3.05) is 0 Å². The Hall–Kier alpha value is -0.414. The first-order chi connectivity index (χ1) is 14.4. The summed E-state index contributed by atoms with van der Waals surface area (Å²) in [5.41, 5.74) is 1.07. The number of benzene rings is 2. The molecule has 0 fully saturated rings. The Kier molecular flexibility index (Phi) is 14.2. The Balaban J connectivity index is 0.00000480. The van der Waals surface area contributed by atoms with Crippen LogP contribution < -0.4 is 61.2 Å². The van der Waals surface area contributed by atoms with E-state index in [9.17, 15) is 18.1 Å². The van der Waals surface area contributed by atoms with Gasteiger partial charge >= 0.3 is 51.4 Å². The van der Waals surface area contributed by atoms with Crippen molar-refractivity contribution < 1.29 is 74.2 Å². The van der Waals surface area contributed by atoms with Crippen molar-refractivity contribution in [3.8, 4) is 17.2 Å². The van der Waals surface area contributed by atoms with Gasteiger partial charge in [-0.3, -0.25) is 4.55 Å². The van der Waals surface area contributed by atoms with Crippen LogP contribution in [0, 0.1) is 0 Å². The fourth-order valence-corrected chi connectivity index (χ4v) is 4.13. The Morgan fingerprint density at radius 1 is 0.871 bits per heavy atom. The van der Waals surface area contributed by atoms with Crippen molar-refractivity contribution in [2.45, 2.75) is 82.4 Å². The molecule has 0 aliphatic carbocycles. The van der Waals surface area contributed by atoms with Crippen LogP contribution in [0.4, 0.5) is 0 Å². The summed E-state index contributed by atoms with van der Waals surface area (Å²) in [7, 11) is -4.54. The molecule has 31 heavy (non-hydrogen) atoms. The fraction of sp³-hybridized carbons (Fsp3) is 0.500. The molecule has 0 saturated heterocycles. The third-order valence-electron chi connectivity index (χ3n) is 5.16. The quantitative estimate of drug-likeness (QED) is 0.259. The molecule has 0 aliphatic heterocycles. The average Bonchev–Trinajstić information content (AvgIpc) is 2.70. The van der Waals surface area contributed by atoms with Gasteiger partial charge in [-0.2, -0.15) is 8.42 Å². The van der Waals surface area contributed by atoms with Crippen LogP contribution in [-0.2, 0) is 16.5 Å². The second-order valence-electron chi connectivity index (χ2n) is 7.74. The zero-order chi connectivity index (χ0) is 21.8. The standard InChI is InChI=1S/C24H34O5S.K/c1-2-3-4-5-6-7-8-9-10-11-14-20-15-12-16-21(19-20)29-24-22(25)17-13-18-23(24)30(26,27)28;/h12-13,15-19,25H,2-11,14H2,1H3,(H,26,27,28);/q;+1/p-1. The first-order valence-corrected chi connectivity index (χ1v) is 12.4. The van der Waals surface area contributed by atoms with E-state index in [0.29, 0.717) is 5.75 Å². The van der Waals surface area contributed by atoms with Crippen LogP contribution in [0.25, 0.3) is 0 Å². The van der Waals surface area contributed by atoms with Crippen molar-refractivity contribution in [3.05, 3.63) is 48.0 Å². The van der Waals surface area contributed by atoms with E-state index in [2.05, 4.69) is 6.92 Å². The predicted octanol–water partition coefficient (Wildman–Crippen LogP) is 3.27. The summed E-state index contributed by atoms with van der Waals surface area (Å²) in [5, 5.41) is 12.0. The molecule has 5 nitrogen and oxygen atoms in total. The summed E-state index contributed by atoms with van der Waals surface area (Å²) in [4.78, 5) is -0.518. The van der Waals surface area contributed by atoms with Gasteiger partial charge in [0, 0.05) is 0 Å². The first kappa shape index (κ1) is 28.6. The van der Waals surface area contributed by atoms with Crippen LogP contribution in [0.5, 0.6) is 17.2 Å². The van der Waals surface area contributed by atoms with Gasteiger partial charge in [-0.15, -0.1) is 0 Å². The number of rotatable bonds is 14. The molecule has 2 aromatic rings. The molecule has 2 rings (SSSR count). The molecular weight excluding hydrogens is 439 g/mol. The summed E-state index contributed by atoms with van der Waals surface area (Å²) < 4.78 is 37.9. The van der Waals surface area contributed by atoms with E-state index in [1.165, 1.54) is 69.9 Å². The van der Waals surface area contributed by atoms with Gasteiger partial charge in [-0.25, -0.2) is 0 Å². The first-order valence-electron chi connectivity index (χ1n) is 11.0. The Morgan fingerprint density at radius 3 is 2.06 bits per heavy atom. The number of unbranched alkanes of at least 4 members (excludes halogenated alkanes) is 9. The molecule has 0 bridgehead atoms. The van der Waals surface area contributed by atoms with Crippen molar-refractivity contribution in [1.29, 1.82) is 0 Å². The van der Waals surface area contributed by atoms with E-state index >= 15 is 0 Å². The molecule has 0 heterocycles. The molecule has 0 spiro atoms. The molecule has 0 atom stereocenters. The Bertz CT molecular complexity index is 883. The van der Waals surface area contributed by atoms with Crippen LogP contribution in [0.15, 0.2) is 47.4 Å². The molecule has 0 radical (unpaired) electrons. The summed E-state index contributed by atoms with van der Waals surface area (Å²) in [6.07, 6.45) is 13.7. The third kappa shape index (κ3) is 10.8. The van der Waals surface area contributed by atoms with Gasteiger partial charge in [-0.1, -0.05) is 94.7 Å². The fourth-order valence-electron chi connectivity index (χ4n) is 3.50. The molecule has 0 unspecified atom stereocenters. The molecule has 1 N–H and O–H groups in total. The zero-order valence-corrected chi connectivity index (χ0v) is 22.7. The van der Waals surface area contributed by atoms with Gasteiger partial charge in [0.25, 0.3) is 10.1 Å². The topological polar surface area (TPSA) is 86.7 Å². The average molecular weight is 473 g/mol. The predicted molar refractivity (Wildman–Crippen MR) is 118 cm³/mol. The number of aryl methyl sites for hydroxylation is 1. The minimum absolute atomic E-state index is 0. The number of para-hydroxylation sites is 1. The molecule has 0 aromatic heterocycles. The van der Waals surface area contributed by atoms with E-state index < -0.39 is 20.8 Å². The third-order valence-corrected chi connectivity index (χ3v) is 6.04. The Morgan fingerprint density at radius 2 is 1.45 bits per heavy atom. The van der Waals surface area contributed by atoms with Crippen molar-refractivity contribution in [1.82, 2.24) is 0 Å². The maximum absolute atomic E-state index is 12.0. The van der Waals surface area contributed by atoms with Gasteiger partial charge in [0.1, 0.15) is 16.4 Å². The van der Waals surface area contributed by atoms with E-state index in [1.807, 2.05) is 18.2 Å². The van der Waals surface area contributed by atoms with Crippen LogP contribution in [0.2, 0.25) is 0 Å². The summed E-state index contributed by atoms with van der Waals surface area (Å²) in [5.74, 6) is -0.589. The summed E-state index contributed by atoms with van der Waals surface area (Å²) >= 11 is 0. The van der Waals surface area contributed by atoms with Gasteiger partial charge in [0.05, 0.1) is 0 Å². The summed E-state index contributed by atoms with van der Waals surface area (Å²) in [6.45, 7) is 2.24. The van der Waals surface area contributed by atoms with E-state index in [0.717, 1.165) is 24.5 Å². The van der Waals surface area contributed by atoms with Crippen LogP contribution in [-0.4, -0.2) is 13.0 Å². The van der Waals surface area contributed by atoms with Crippen molar-refractivity contribution in [3.63, 3.8) is 0 Å². The Labute approximate surface area is 229 Å². The number of hydrogen-bond donors (Lipinski definition) is 1. The molecule has 0 aliphatic rings. The molecule has 7 heteroatoms. The zero-order valence-electron chi connectivity index (χ0n) is 18.8. The van der Waals surface area contributed by atoms with Gasteiger partial charge in [-0.05, 0) is 36.6 Å². The monoisotopic (exact) mass is 472 g/mol. The number of ether oxygens (including phenoxy) is 1. The molecular formula is C24H33KO5S. The number of hydrogen-bond acceptors (Lipinski definition) is 4. The normalized spacial score (nSPS) is 11.2. The van der Waals surface area contributed by atoms with Gasteiger partial charge in [0.15, 0.2) is 0 Å². The van der Waals surface area contributed by atoms with Crippen LogP contribution in [0.3, 0.4) is 0 Å². The van der Waals surface area contributed by atoms with Gasteiger partial charge < -0.3 is 9.84 Å². The molecule has 0 saturated carbocycles. The second kappa shape index (κ2) is 15.4. The van der Waals surface area contributed by atoms with Gasteiger partial charge in [0.2, 0.25) is 0 Å². The van der Waals surface area contributed by atoms with E-state index in [1.54, 1.807) is 6.07 Å². The molecule has 2 aromatic carbocycles. The van der Waals surface area contributed by atoms with Crippen LogP contribution in [0.1, 0.15) is 76.7 Å². The van der Waals surface area contributed by atoms with E-state index in [4.69, 9.17) is 4.74 Å². The van der Waals surface area contributed by atoms with Crippen molar-refractivity contribution in [2.24, 2.45) is 0 Å². The summed E-state index contributed by atoms with van der Waals surface area (Å²) in [6, 6.07) is 10.9. The van der Waals surface area contributed by atoms with Crippen molar-refractivity contribution >= 4 is 10.1 Å². The molecule has 0 amide bonds. The maximum Gasteiger partial charge on any atom is 1.00 e. The second-order valence-corrected chi connectivity index (χ2v) is 9.13. The van der Waals surface area contributed by atoms with E-state index in [-0.39, 0.29) is 57.1 Å². The minimum Gasteiger partial charge on any atom is -0.870 e. The minimum atomic E-state index is -4.54.